The zero-order valence-corrected chi connectivity index (χ0v) is 18.6. The Bertz CT molecular complexity index is 1250. The van der Waals surface area contributed by atoms with Crippen molar-refractivity contribution in [1.82, 2.24) is 9.55 Å². The molecule has 33 heavy (non-hydrogen) atoms. The summed E-state index contributed by atoms with van der Waals surface area (Å²) in [7, 11) is 0. The van der Waals surface area contributed by atoms with Crippen molar-refractivity contribution < 1.29 is 13.2 Å². The fourth-order valence-corrected chi connectivity index (χ4v) is 3.81. The van der Waals surface area contributed by atoms with Gasteiger partial charge < -0.3 is 4.57 Å². The SMILES string of the molecule is CC(c1ccc(-c2ccccc2C(F)(F)F)cc1)n1cncc1Cc1ccc(C#N)cc1.Cl. The summed E-state index contributed by atoms with van der Waals surface area (Å²) in [6.45, 7) is 2.03. The van der Waals surface area contributed by atoms with Crippen LogP contribution in [-0.4, -0.2) is 9.55 Å². The van der Waals surface area contributed by atoms with Crippen molar-refractivity contribution in [1.29, 1.82) is 5.26 Å². The van der Waals surface area contributed by atoms with E-state index in [1.165, 1.54) is 12.1 Å². The second-order valence-corrected chi connectivity index (χ2v) is 7.62. The molecule has 0 amide bonds. The van der Waals surface area contributed by atoms with E-state index in [2.05, 4.69) is 15.6 Å². The van der Waals surface area contributed by atoms with Gasteiger partial charge in [0.1, 0.15) is 0 Å². The highest BCUT2D eigenvalue weighted by molar-refractivity contribution is 5.85. The Labute approximate surface area is 196 Å². The molecule has 3 aromatic carbocycles. The number of hydrogen-bond acceptors (Lipinski definition) is 2. The molecule has 7 heteroatoms. The van der Waals surface area contributed by atoms with Gasteiger partial charge in [-0.3, -0.25) is 0 Å². The van der Waals surface area contributed by atoms with E-state index in [1.54, 1.807) is 36.7 Å². The molecule has 0 aliphatic heterocycles. The fraction of sp³-hybridized carbons (Fsp3) is 0.154. The van der Waals surface area contributed by atoms with Gasteiger partial charge in [-0.25, -0.2) is 4.98 Å². The van der Waals surface area contributed by atoms with Crippen molar-refractivity contribution in [3.8, 4) is 17.2 Å². The number of nitrogens with zero attached hydrogens (tertiary/aromatic N) is 3. The number of rotatable bonds is 5. The van der Waals surface area contributed by atoms with Crippen molar-refractivity contribution in [2.24, 2.45) is 0 Å². The second kappa shape index (κ2) is 9.93. The van der Waals surface area contributed by atoms with E-state index in [0.29, 0.717) is 17.5 Å². The minimum Gasteiger partial charge on any atom is -0.327 e. The van der Waals surface area contributed by atoms with Gasteiger partial charge in [-0.1, -0.05) is 54.6 Å². The number of aromatic nitrogens is 2. The van der Waals surface area contributed by atoms with Crippen molar-refractivity contribution in [2.75, 3.05) is 0 Å². The average molecular weight is 468 g/mol. The number of benzene rings is 3. The lowest BCUT2D eigenvalue weighted by Gasteiger charge is -2.18. The topological polar surface area (TPSA) is 41.6 Å². The molecule has 1 atom stereocenters. The first-order valence-corrected chi connectivity index (χ1v) is 10.1. The Morgan fingerprint density at radius 1 is 0.970 bits per heavy atom. The summed E-state index contributed by atoms with van der Waals surface area (Å²) in [5.74, 6) is 0. The summed E-state index contributed by atoms with van der Waals surface area (Å²) in [5.41, 5.74) is 3.71. The maximum atomic E-state index is 13.4. The number of halogens is 4. The van der Waals surface area contributed by atoms with Gasteiger partial charge in [0.2, 0.25) is 0 Å². The maximum absolute atomic E-state index is 13.4. The Morgan fingerprint density at radius 2 is 1.64 bits per heavy atom. The van der Waals surface area contributed by atoms with Gasteiger partial charge in [0.15, 0.2) is 0 Å². The van der Waals surface area contributed by atoms with Crippen LogP contribution in [0.2, 0.25) is 0 Å². The molecule has 0 aliphatic carbocycles. The lowest BCUT2D eigenvalue weighted by atomic mass is 9.97. The van der Waals surface area contributed by atoms with Crippen molar-refractivity contribution in [3.63, 3.8) is 0 Å². The molecule has 0 saturated heterocycles. The maximum Gasteiger partial charge on any atom is 0.417 e. The Kier molecular flexibility index (Phi) is 7.25. The van der Waals surface area contributed by atoms with E-state index < -0.39 is 11.7 Å². The van der Waals surface area contributed by atoms with Crippen LogP contribution in [0.25, 0.3) is 11.1 Å². The summed E-state index contributed by atoms with van der Waals surface area (Å²) >= 11 is 0. The number of imidazole rings is 1. The van der Waals surface area contributed by atoms with Gasteiger partial charge >= 0.3 is 6.18 Å². The molecule has 4 aromatic rings. The van der Waals surface area contributed by atoms with E-state index in [0.717, 1.165) is 22.9 Å². The lowest BCUT2D eigenvalue weighted by Crippen LogP contribution is -2.10. The summed E-state index contributed by atoms with van der Waals surface area (Å²) < 4.78 is 42.2. The molecule has 0 fully saturated rings. The Morgan fingerprint density at radius 3 is 2.27 bits per heavy atom. The summed E-state index contributed by atoms with van der Waals surface area (Å²) in [4.78, 5) is 4.29. The van der Waals surface area contributed by atoms with Crippen LogP contribution in [0.5, 0.6) is 0 Å². The summed E-state index contributed by atoms with van der Waals surface area (Å²) in [5, 5.41) is 8.96. The Balaban J connectivity index is 0.00000306. The highest BCUT2D eigenvalue weighted by Crippen LogP contribution is 2.37. The molecule has 0 N–H and O–H groups in total. The van der Waals surface area contributed by atoms with Gasteiger partial charge in [0.05, 0.1) is 29.6 Å². The van der Waals surface area contributed by atoms with Crippen LogP contribution >= 0.6 is 12.4 Å². The molecule has 1 unspecified atom stereocenters. The fourth-order valence-electron chi connectivity index (χ4n) is 3.81. The number of hydrogen-bond donors (Lipinski definition) is 0. The van der Waals surface area contributed by atoms with Crippen LogP contribution in [-0.2, 0) is 12.6 Å². The Hall–Kier alpha value is -3.56. The quantitative estimate of drug-likeness (QED) is 0.315. The molecule has 3 nitrogen and oxygen atoms in total. The molecule has 0 radical (unpaired) electrons. The lowest BCUT2D eigenvalue weighted by molar-refractivity contribution is -0.137. The minimum absolute atomic E-state index is 0. The van der Waals surface area contributed by atoms with Gasteiger partial charge in [0, 0.05) is 18.3 Å². The van der Waals surface area contributed by atoms with Crippen molar-refractivity contribution >= 4 is 12.4 Å². The highest BCUT2D eigenvalue weighted by Gasteiger charge is 2.33. The van der Waals surface area contributed by atoms with Crippen LogP contribution in [0.1, 0.15) is 40.9 Å². The van der Waals surface area contributed by atoms with Gasteiger partial charge in [-0.2, -0.15) is 18.4 Å². The largest absolute Gasteiger partial charge is 0.417 e. The zero-order valence-electron chi connectivity index (χ0n) is 17.8. The first-order chi connectivity index (χ1) is 15.4. The molecular weight excluding hydrogens is 447 g/mol. The standard InChI is InChI=1S/C26H20F3N3.ClH/c1-18(32-17-31-16-23(32)14-19-6-8-20(15-30)9-7-19)21-10-12-22(13-11-21)24-4-2-3-5-25(24)26(27,28)29;/h2-13,16-18H,14H2,1H3;1H. The third kappa shape index (κ3) is 5.27. The van der Waals surface area contributed by atoms with E-state index >= 15 is 0 Å². The van der Waals surface area contributed by atoms with E-state index in [4.69, 9.17) is 5.26 Å². The molecule has 0 spiro atoms. The third-order valence-electron chi connectivity index (χ3n) is 5.57. The monoisotopic (exact) mass is 467 g/mol. The zero-order chi connectivity index (χ0) is 22.7. The van der Waals surface area contributed by atoms with Crippen LogP contribution in [0.15, 0.2) is 85.3 Å². The minimum atomic E-state index is -4.40. The van der Waals surface area contributed by atoms with E-state index in [1.807, 2.05) is 37.4 Å². The first kappa shape index (κ1) is 24.1. The molecule has 0 bridgehead atoms. The van der Waals surface area contributed by atoms with Crippen molar-refractivity contribution in [3.05, 3.63) is 113 Å². The molecule has 168 valence electrons. The molecule has 1 heterocycles. The molecule has 4 rings (SSSR count). The van der Waals surface area contributed by atoms with Crippen molar-refractivity contribution in [2.45, 2.75) is 25.6 Å². The van der Waals surface area contributed by atoms with Gasteiger partial charge in [-0.05, 0) is 47.4 Å². The van der Waals surface area contributed by atoms with Gasteiger partial charge in [0.25, 0.3) is 0 Å². The first-order valence-electron chi connectivity index (χ1n) is 10.1. The predicted molar refractivity (Wildman–Crippen MR) is 124 cm³/mol. The smallest absolute Gasteiger partial charge is 0.327 e. The summed E-state index contributed by atoms with van der Waals surface area (Å²) in [6, 6.07) is 22.3. The predicted octanol–water partition coefficient (Wildman–Crippen LogP) is 7.06. The average Bonchev–Trinajstić information content (AvgIpc) is 3.27. The van der Waals surface area contributed by atoms with E-state index in [-0.39, 0.29) is 24.0 Å². The molecular formula is C26H21ClF3N3. The normalized spacial score (nSPS) is 12.0. The number of alkyl halides is 3. The highest BCUT2D eigenvalue weighted by atomic mass is 35.5. The molecule has 1 aromatic heterocycles. The second-order valence-electron chi connectivity index (χ2n) is 7.62. The van der Waals surface area contributed by atoms with Gasteiger partial charge in [-0.15, -0.1) is 12.4 Å². The van der Waals surface area contributed by atoms with Crippen LogP contribution in [0.4, 0.5) is 13.2 Å². The van der Waals surface area contributed by atoms with Crippen LogP contribution in [0.3, 0.4) is 0 Å². The third-order valence-corrected chi connectivity index (χ3v) is 5.57. The van der Waals surface area contributed by atoms with E-state index in [9.17, 15) is 13.2 Å². The number of nitriles is 1. The molecule has 0 saturated carbocycles. The molecule has 0 aliphatic rings. The van der Waals surface area contributed by atoms with Crippen LogP contribution < -0.4 is 0 Å². The van der Waals surface area contributed by atoms with Crippen LogP contribution in [0, 0.1) is 11.3 Å². The summed E-state index contributed by atoms with van der Waals surface area (Å²) in [6.07, 6.45) is -0.175.